The Balaban J connectivity index is 1.96. The van der Waals surface area contributed by atoms with E-state index < -0.39 is 0 Å². The molecule has 0 saturated carbocycles. The first kappa shape index (κ1) is 18.9. The van der Waals surface area contributed by atoms with Crippen molar-refractivity contribution in [3.05, 3.63) is 95.7 Å². The maximum atomic E-state index is 5.35. The average Bonchev–Trinajstić information content (AvgIpc) is 2.74. The Kier molecular flexibility index (Phi) is 5.18. The fourth-order valence-corrected chi connectivity index (χ4v) is 3.75. The SMILES string of the molecule is COc1ccc(-c2c(-c3ccc(C)cc3)ncc(-c3cccc(C)c3)c2C)cc1. The van der Waals surface area contributed by atoms with E-state index in [2.05, 4.69) is 81.4 Å². The second kappa shape index (κ2) is 7.92. The van der Waals surface area contributed by atoms with Crippen molar-refractivity contribution in [2.24, 2.45) is 0 Å². The lowest BCUT2D eigenvalue weighted by Gasteiger charge is -2.17. The summed E-state index contributed by atoms with van der Waals surface area (Å²) in [7, 11) is 1.69. The minimum absolute atomic E-state index is 0.853. The first-order valence-corrected chi connectivity index (χ1v) is 9.85. The lowest BCUT2D eigenvalue weighted by Crippen LogP contribution is -1.97. The monoisotopic (exact) mass is 379 g/mol. The van der Waals surface area contributed by atoms with Gasteiger partial charge in [0.2, 0.25) is 0 Å². The third-order valence-electron chi connectivity index (χ3n) is 5.37. The lowest BCUT2D eigenvalue weighted by molar-refractivity contribution is 0.415. The highest BCUT2D eigenvalue weighted by atomic mass is 16.5. The van der Waals surface area contributed by atoms with Gasteiger partial charge in [-0.2, -0.15) is 0 Å². The zero-order valence-corrected chi connectivity index (χ0v) is 17.4. The van der Waals surface area contributed by atoms with E-state index in [1.54, 1.807) is 7.11 Å². The van der Waals surface area contributed by atoms with Crippen LogP contribution in [0.5, 0.6) is 5.75 Å². The van der Waals surface area contributed by atoms with Crippen molar-refractivity contribution in [2.75, 3.05) is 7.11 Å². The van der Waals surface area contributed by atoms with Gasteiger partial charge in [0, 0.05) is 22.9 Å². The van der Waals surface area contributed by atoms with Gasteiger partial charge in [-0.1, -0.05) is 71.8 Å². The molecule has 0 bridgehead atoms. The largest absolute Gasteiger partial charge is 0.497 e. The van der Waals surface area contributed by atoms with E-state index in [4.69, 9.17) is 9.72 Å². The standard InChI is InChI=1S/C27H25NO/c1-18-8-10-22(11-9-18)27-26(21-12-14-24(29-4)15-13-21)20(3)25(17-28-27)23-7-5-6-19(2)16-23/h5-17H,1-4H3. The number of methoxy groups -OCH3 is 1. The van der Waals surface area contributed by atoms with E-state index in [-0.39, 0.29) is 0 Å². The van der Waals surface area contributed by atoms with Crippen LogP contribution in [0.25, 0.3) is 33.5 Å². The number of benzene rings is 3. The summed E-state index contributed by atoms with van der Waals surface area (Å²) < 4.78 is 5.35. The molecule has 0 amide bonds. The van der Waals surface area contributed by atoms with Crippen molar-refractivity contribution in [1.29, 1.82) is 0 Å². The Morgan fingerprint density at radius 1 is 0.690 bits per heavy atom. The van der Waals surface area contributed by atoms with Crippen molar-refractivity contribution >= 4 is 0 Å². The van der Waals surface area contributed by atoms with Gasteiger partial charge in [0.15, 0.2) is 0 Å². The highest BCUT2D eigenvalue weighted by Gasteiger charge is 2.16. The molecule has 1 aromatic heterocycles. The van der Waals surface area contributed by atoms with Crippen LogP contribution in [-0.2, 0) is 0 Å². The second-order valence-corrected chi connectivity index (χ2v) is 7.48. The summed E-state index contributed by atoms with van der Waals surface area (Å²) in [6.07, 6.45) is 2.01. The molecule has 0 spiro atoms. The predicted molar refractivity (Wildman–Crippen MR) is 121 cm³/mol. The van der Waals surface area contributed by atoms with E-state index in [1.807, 2.05) is 18.3 Å². The molecule has 29 heavy (non-hydrogen) atoms. The molecular weight excluding hydrogens is 354 g/mol. The molecule has 0 saturated heterocycles. The molecule has 0 N–H and O–H groups in total. The molecule has 0 atom stereocenters. The van der Waals surface area contributed by atoms with Crippen LogP contribution in [0, 0.1) is 20.8 Å². The maximum Gasteiger partial charge on any atom is 0.118 e. The van der Waals surface area contributed by atoms with Crippen LogP contribution < -0.4 is 4.74 Å². The summed E-state index contributed by atoms with van der Waals surface area (Å²) >= 11 is 0. The molecule has 4 aromatic rings. The van der Waals surface area contributed by atoms with Crippen molar-refractivity contribution in [3.63, 3.8) is 0 Å². The molecule has 3 aromatic carbocycles. The Morgan fingerprint density at radius 2 is 1.38 bits per heavy atom. The highest BCUT2D eigenvalue weighted by Crippen LogP contribution is 2.38. The van der Waals surface area contributed by atoms with Crippen LogP contribution in [0.2, 0.25) is 0 Å². The number of pyridine rings is 1. The molecule has 0 aliphatic rings. The van der Waals surface area contributed by atoms with Gasteiger partial charge in [-0.25, -0.2) is 0 Å². The van der Waals surface area contributed by atoms with Crippen molar-refractivity contribution < 1.29 is 4.74 Å². The molecule has 0 fully saturated rings. The quantitative estimate of drug-likeness (QED) is 0.380. The predicted octanol–water partition coefficient (Wildman–Crippen LogP) is 7.02. The van der Waals surface area contributed by atoms with Crippen molar-refractivity contribution in [3.8, 4) is 39.3 Å². The summed E-state index contributed by atoms with van der Waals surface area (Å²) in [5, 5.41) is 0. The minimum Gasteiger partial charge on any atom is -0.497 e. The zero-order valence-electron chi connectivity index (χ0n) is 17.4. The van der Waals surface area contributed by atoms with Gasteiger partial charge in [-0.3, -0.25) is 4.98 Å². The van der Waals surface area contributed by atoms with Crippen LogP contribution >= 0.6 is 0 Å². The van der Waals surface area contributed by atoms with E-state index in [9.17, 15) is 0 Å². The Bertz CT molecular complexity index is 1140. The summed E-state index contributed by atoms with van der Waals surface area (Å²) in [5.41, 5.74) is 10.5. The van der Waals surface area contributed by atoms with Crippen LogP contribution in [0.1, 0.15) is 16.7 Å². The van der Waals surface area contributed by atoms with E-state index in [0.29, 0.717) is 0 Å². The van der Waals surface area contributed by atoms with E-state index in [0.717, 1.165) is 33.7 Å². The molecule has 0 aliphatic heterocycles. The summed E-state index contributed by atoms with van der Waals surface area (Å²) in [6.45, 7) is 6.42. The normalized spacial score (nSPS) is 10.8. The van der Waals surface area contributed by atoms with Gasteiger partial charge < -0.3 is 4.74 Å². The fourth-order valence-electron chi connectivity index (χ4n) is 3.75. The summed E-state index contributed by atoms with van der Waals surface area (Å²) in [4.78, 5) is 4.93. The van der Waals surface area contributed by atoms with Gasteiger partial charge in [0.25, 0.3) is 0 Å². The van der Waals surface area contributed by atoms with Crippen LogP contribution in [0.15, 0.2) is 79.0 Å². The summed E-state index contributed by atoms with van der Waals surface area (Å²) in [6, 6.07) is 25.4. The minimum atomic E-state index is 0.853. The Hall–Kier alpha value is -3.39. The van der Waals surface area contributed by atoms with Gasteiger partial charge in [-0.05, 0) is 49.6 Å². The van der Waals surface area contributed by atoms with Gasteiger partial charge in [0.1, 0.15) is 5.75 Å². The van der Waals surface area contributed by atoms with Gasteiger partial charge in [0.05, 0.1) is 12.8 Å². The van der Waals surface area contributed by atoms with E-state index >= 15 is 0 Å². The third kappa shape index (κ3) is 3.79. The van der Waals surface area contributed by atoms with Crippen LogP contribution in [0.4, 0.5) is 0 Å². The molecule has 2 nitrogen and oxygen atoms in total. The number of nitrogens with zero attached hydrogens (tertiary/aromatic N) is 1. The first-order valence-electron chi connectivity index (χ1n) is 9.85. The molecule has 2 heteroatoms. The van der Waals surface area contributed by atoms with Gasteiger partial charge in [-0.15, -0.1) is 0 Å². The lowest BCUT2D eigenvalue weighted by atomic mass is 9.90. The van der Waals surface area contributed by atoms with Crippen LogP contribution in [0.3, 0.4) is 0 Å². The van der Waals surface area contributed by atoms with Gasteiger partial charge >= 0.3 is 0 Å². The first-order chi connectivity index (χ1) is 14.1. The second-order valence-electron chi connectivity index (χ2n) is 7.48. The molecular formula is C27H25NO. The van der Waals surface area contributed by atoms with Crippen molar-refractivity contribution in [1.82, 2.24) is 4.98 Å². The molecule has 0 radical (unpaired) electrons. The van der Waals surface area contributed by atoms with E-state index in [1.165, 1.54) is 22.3 Å². The number of aromatic nitrogens is 1. The number of hydrogen-bond acceptors (Lipinski definition) is 2. The maximum absolute atomic E-state index is 5.35. The highest BCUT2D eigenvalue weighted by molar-refractivity contribution is 5.88. The summed E-state index contributed by atoms with van der Waals surface area (Å²) in [5.74, 6) is 0.853. The molecule has 0 aliphatic carbocycles. The van der Waals surface area contributed by atoms with Crippen LogP contribution in [-0.4, -0.2) is 12.1 Å². The third-order valence-corrected chi connectivity index (χ3v) is 5.37. The zero-order chi connectivity index (χ0) is 20.4. The number of hydrogen-bond donors (Lipinski definition) is 0. The molecule has 4 rings (SSSR count). The smallest absolute Gasteiger partial charge is 0.118 e. The topological polar surface area (TPSA) is 22.1 Å². The number of rotatable bonds is 4. The molecule has 0 unspecified atom stereocenters. The Labute approximate surface area is 172 Å². The van der Waals surface area contributed by atoms with Crippen molar-refractivity contribution in [2.45, 2.75) is 20.8 Å². The Morgan fingerprint density at radius 3 is 2.03 bits per heavy atom. The molecule has 144 valence electrons. The molecule has 1 heterocycles. The average molecular weight is 380 g/mol. The number of aryl methyl sites for hydroxylation is 2. The number of ether oxygens (including phenoxy) is 1. The fraction of sp³-hybridized carbons (Fsp3) is 0.148.